The van der Waals surface area contributed by atoms with Crippen LogP contribution >= 0.6 is 0 Å². The van der Waals surface area contributed by atoms with Crippen molar-refractivity contribution in [1.29, 1.82) is 0 Å². The van der Waals surface area contributed by atoms with Crippen LogP contribution in [0.1, 0.15) is 11.3 Å². The molecular formula is C11H11NO. The minimum Gasteiger partial charge on any atom is -0.461 e. The highest BCUT2D eigenvalue weighted by atomic mass is 16.3. The van der Waals surface area contributed by atoms with Gasteiger partial charge in [0.25, 0.3) is 0 Å². The highest BCUT2D eigenvalue weighted by Crippen LogP contribution is 2.27. The number of benzene rings is 1. The number of rotatable bonds is 0. The van der Waals surface area contributed by atoms with E-state index in [1.807, 2.05) is 12.1 Å². The summed E-state index contributed by atoms with van der Waals surface area (Å²) in [6, 6.07) is 8.25. The lowest BCUT2D eigenvalue weighted by Crippen LogP contribution is -2.22. The molecule has 0 saturated carbocycles. The molecule has 2 heteroatoms. The van der Waals surface area contributed by atoms with Gasteiger partial charge in [-0.1, -0.05) is 18.2 Å². The van der Waals surface area contributed by atoms with Gasteiger partial charge >= 0.3 is 0 Å². The molecule has 2 nitrogen and oxygen atoms in total. The molecule has 1 N–H and O–H groups in total. The number of fused-ring (bicyclic) bond motifs is 3. The van der Waals surface area contributed by atoms with Gasteiger partial charge in [-0.2, -0.15) is 0 Å². The van der Waals surface area contributed by atoms with Gasteiger partial charge in [-0.25, -0.2) is 0 Å². The summed E-state index contributed by atoms with van der Waals surface area (Å²) in [5, 5.41) is 4.63. The van der Waals surface area contributed by atoms with E-state index in [9.17, 15) is 0 Å². The van der Waals surface area contributed by atoms with Gasteiger partial charge in [-0.15, -0.1) is 0 Å². The summed E-state index contributed by atoms with van der Waals surface area (Å²) in [5.74, 6) is 1.17. The zero-order chi connectivity index (χ0) is 8.67. The molecule has 0 spiro atoms. The number of furan rings is 1. The van der Waals surface area contributed by atoms with E-state index in [-0.39, 0.29) is 0 Å². The van der Waals surface area contributed by atoms with Gasteiger partial charge in [0, 0.05) is 30.5 Å². The molecular weight excluding hydrogens is 162 g/mol. The summed E-state index contributed by atoms with van der Waals surface area (Å²) in [7, 11) is 0. The second kappa shape index (κ2) is 2.60. The lowest BCUT2D eigenvalue weighted by molar-refractivity contribution is 0.500. The van der Waals surface area contributed by atoms with Crippen molar-refractivity contribution in [3.8, 4) is 0 Å². The Morgan fingerprint density at radius 2 is 2.15 bits per heavy atom. The first-order chi connectivity index (χ1) is 6.45. The van der Waals surface area contributed by atoms with Gasteiger partial charge in [-0.05, 0) is 6.07 Å². The molecule has 13 heavy (non-hydrogen) atoms. The SMILES string of the molecule is c1ccc2c3c(oc2c1)CCNC3. The van der Waals surface area contributed by atoms with Crippen molar-refractivity contribution in [2.24, 2.45) is 0 Å². The first-order valence-electron chi connectivity index (χ1n) is 4.65. The Kier molecular flexibility index (Phi) is 1.43. The van der Waals surface area contributed by atoms with Gasteiger partial charge < -0.3 is 9.73 Å². The van der Waals surface area contributed by atoms with Gasteiger partial charge in [0.15, 0.2) is 0 Å². The van der Waals surface area contributed by atoms with Crippen LogP contribution in [0.2, 0.25) is 0 Å². The Hall–Kier alpha value is -1.28. The third-order valence-corrected chi connectivity index (χ3v) is 2.61. The van der Waals surface area contributed by atoms with Crippen LogP contribution in [0.4, 0.5) is 0 Å². The van der Waals surface area contributed by atoms with E-state index < -0.39 is 0 Å². The molecule has 0 aliphatic carbocycles. The number of para-hydroxylation sites is 1. The zero-order valence-electron chi connectivity index (χ0n) is 7.34. The minimum atomic E-state index is 0.951. The van der Waals surface area contributed by atoms with Crippen molar-refractivity contribution < 1.29 is 4.42 Å². The normalized spacial score (nSPS) is 16.0. The fourth-order valence-corrected chi connectivity index (χ4v) is 1.96. The zero-order valence-corrected chi connectivity index (χ0v) is 7.34. The molecule has 66 valence electrons. The highest BCUT2D eigenvalue weighted by molar-refractivity contribution is 5.82. The molecule has 1 aromatic heterocycles. The maximum Gasteiger partial charge on any atom is 0.134 e. The molecule has 0 amide bonds. The van der Waals surface area contributed by atoms with Crippen LogP contribution in [0.3, 0.4) is 0 Å². The number of nitrogens with one attached hydrogen (secondary N) is 1. The number of hydrogen-bond acceptors (Lipinski definition) is 2. The Morgan fingerprint density at radius 1 is 1.23 bits per heavy atom. The lowest BCUT2D eigenvalue weighted by Gasteiger charge is -2.10. The molecule has 0 fully saturated rings. The second-order valence-electron chi connectivity index (χ2n) is 3.43. The maximum atomic E-state index is 5.75. The number of hydrogen-bond donors (Lipinski definition) is 1. The quantitative estimate of drug-likeness (QED) is 0.659. The monoisotopic (exact) mass is 173 g/mol. The van der Waals surface area contributed by atoms with Gasteiger partial charge in [0.2, 0.25) is 0 Å². The van der Waals surface area contributed by atoms with E-state index in [4.69, 9.17) is 4.42 Å². The fraction of sp³-hybridized carbons (Fsp3) is 0.273. The van der Waals surface area contributed by atoms with Gasteiger partial charge in [0.05, 0.1) is 0 Å². The largest absolute Gasteiger partial charge is 0.461 e. The third-order valence-electron chi connectivity index (χ3n) is 2.61. The highest BCUT2D eigenvalue weighted by Gasteiger charge is 2.16. The van der Waals surface area contributed by atoms with Crippen LogP contribution in [0, 0.1) is 0 Å². The van der Waals surface area contributed by atoms with Crippen molar-refractivity contribution in [3.63, 3.8) is 0 Å². The topological polar surface area (TPSA) is 25.2 Å². The van der Waals surface area contributed by atoms with Crippen molar-refractivity contribution in [2.75, 3.05) is 6.54 Å². The van der Waals surface area contributed by atoms with E-state index in [1.165, 1.54) is 16.7 Å². The fourth-order valence-electron chi connectivity index (χ4n) is 1.96. The molecule has 0 bridgehead atoms. The van der Waals surface area contributed by atoms with Crippen LogP contribution in [-0.4, -0.2) is 6.54 Å². The van der Waals surface area contributed by atoms with Gasteiger partial charge in [0.1, 0.15) is 11.3 Å². The van der Waals surface area contributed by atoms with Crippen molar-refractivity contribution >= 4 is 11.0 Å². The Bertz CT molecular complexity index is 444. The molecule has 1 aromatic carbocycles. The van der Waals surface area contributed by atoms with E-state index in [0.29, 0.717) is 0 Å². The molecule has 2 heterocycles. The lowest BCUT2D eigenvalue weighted by atomic mass is 10.1. The summed E-state index contributed by atoms with van der Waals surface area (Å²) in [5.41, 5.74) is 2.37. The standard InChI is InChI=1S/C11H11NO/c1-2-4-10-8(3-1)9-7-12-6-5-11(9)13-10/h1-4,12H,5-7H2. The van der Waals surface area contributed by atoms with Crippen LogP contribution < -0.4 is 5.32 Å². The first-order valence-corrected chi connectivity index (χ1v) is 4.65. The van der Waals surface area contributed by atoms with Crippen molar-refractivity contribution in [3.05, 3.63) is 35.6 Å². The average Bonchev–Trinajstić information content (AvgIpc) is 2.56. The van der Waals surface area contributed by atoms with Crippen molar-refractivity contribution in [1.82, 2.24) is 5.32 Å². The summed E-state index contributed by atoms with van der Waals surface area (Å²) < 4.78 is 5.75. The van der Waals surface area contributed by atoms with E-state index >= 15 is 0 Å². The van der Waals surface area contributed by atoms with E-state index in [1.54, 1.807) is 0 Å². The minimum absolute atomic E-state index is 0.951. The molecule has 0 unspecified atom stereocenters. The predicted molar refractivity (Wildman–Crippen MR) is 51.6 cm³/mol. The summed E-state index contributed by atoms with van der Waals surface area (Å²) in [4.78, 5) is 0. The van der Waals surface area contributed by atoms with Crippen LogP contribution in [0.5, 0.6) is 0 Å². The van der Waals surface area contributed by atoms with Gasteiger partial charge in [-0.3, -0.25) is 0 Å². The smallest absolute Gasteiger partial charge is 0.134 e. The second-order valence-corrected chi connectivity index (χ2v) is 3.43. The molecule has 0 saturated heterocycles. The van der Waals surface area contributed by atoms with Crippen LogP contribution in [0.15, 0.2) is 28.7 Å². The summed E-state index contributed by atoms with van der Waals surface area (Å²) >= 11 is 0. The molecule has 1 aliphatic rings. The molecule has 0 radical (unpaired) electrons. The summed E-state index contributed by atoms with van der Waals surface area (Å²) in [6.07, 6.45) is 1.02. The predicted octanol–water partition coefficient (Wildman–Crippen LogP) is 2.08. The van der Waals surface area contributed by atoms with Crippen molar-refractivity contribution in [2.45, 2.75) is 13.0 Å². The first kappa shape index (κ1) is 7.15. The molecule has 0 atom stereocenters. The van der Waals surface area contributed by atoms with Crippen LogP contribution in [0.25, 0.3) is 11.0 Å². The Labute approximate surface area is 76.5 Å². The third kappa shape index (κ3) is 0.988. The Morgan fingerprint density at radius 3 is 3.15 bits per heavy atom. The molecule has 3 rings (SSSR count). The summed E-state index contributed by atoms with van der Waals surface area (Å²) in [6.45, 7) is 1.99. The van der Waals surface area contributed by atoms with Crippen LogP contribution in [-0.2, 0) is 13.0 Å². The van der Waals surface area contributed by atoms with E-state index in [0.717, 1.165) is 25.1 Å². The maximum absolute atomic E-state index is 5.75. The van der Waals surface area contributed by atoms with E-state index in [2.05, 4.69) is 17.4 Å². The average molecular weight is 173 g/mol. The molecule has 1 aliphatic heterocycles. The Balaban J connectivity index is 2.34. The molecule has 2 aromatic rings.